The van der Waals surface area contributed by atoms with Crippen molar-refractivity contribution in [3.8, 4) is 5.75 Å². The summed E-state index contributed by atoms with van der Waals surface area (Å²) in [6, 6.07) is 4.89. The lowest BCUT2D eigenvalue weighted by Crippen LogP contribution is -2.35. The van der Waals surface area contributed by atoms with Crippen molar-refractivity contribution in [3.05, 3.63) is 23.3 Å². The normalized spacial score (nSPS) is 25.6. The van der Waals surface area contributed by atoms with Crippen LogP contribution in [0.3, 0.4) is 0 Å². The van der Waals surface area contributed by atoms with E-state index in [1.165, 1.54) is 23.2 Å². The van der Waals surface area contributed by atoms with Crippen molar-refractivity contribution in [2.45, 2.75) is 24.8 Å². The summed E-state index contributed by atoms with van der Waals surface area (Å²) in [5.41, 5.74) is 4.26. The lowest BCUT2D eigenvalue weighted by molar-refractivity contribution is 0.252. The summed E-state index contributed by atoms with van der Waals surface area (Å²) in [7, 11) is 6.12. The number of nitrogens with zero attached hydrogens (tertiary/aromatic N) is 1. The van der Waals surface area contributed by atoms with Gasteiger partial charge < -0.3 is 15.0 Å². The van der Waals surface area contributed by atoms with E-state index in [2.05, 4.69) is 36.4 Å². The van der Waals surface area contributed by atoms with Crippen molar-refractivity contribution in [3.63, 3.8) is 0 Å². The second kappa shape index (κ2) is 3.91. The van der Waals surface area contributed by atoms with Crippen molar-refractivity contribution < 1.29 is 4.74 Å². The predicted octanol–water partition coefficient (Wildman–Crippen LogP) is 2.08. The molecule has 92 valence electrons. The Bertz CT molecular complexity index is 442. The molecule has 0 spiro atoms. The molecule has 0 saturated heterocycles. The molecule has 17 heavy (non-hydrogen) atoms. The molecular formula is C14H20N2O. The van der Waals surface area contributed by atoms with E-state index in [0.717, 1.165) is 18.7 Å². The summed E-state index contributed by atoms with van der Waals surface area (Å²) in [6.07, 6.45) is 2.37. The number of anilines is 1. The first-order valence-corrected chi connectivity index (χ1v) is 6.30. The first kappa shape index (κ1) is 10.9. The Balaban J connectivity index is 2.07. The summed E-state index contributed by atoms with van der Waals surface area (Å²) in [4.78, 5) is 2.34. The fourth-order valence-electron chi connectivity index (χ4n) is 3.24. The number of likely N-dealkylation sites (N-methyl/N-ethyl adjacent to an activating group) is 1. The van der Waals surface area contributed by atoms with Gasteiger partial charge in [0.05, 0.1) is 7.11 Å². The second-order valence-electron chi connectivity index (χ2n) is 5.34. The van der Waals surface area contributed by atoms with Crippen LogP contribution < -0.4 is 10.1 Å². The maximum absolute atomic E-state index is 5.53. The van der Waals surface area contributed by atoms with E-state index in [0.29, 0.717) is 12.0 Å². The van der Waals surface area contributed by atoms with Gasteiger partial charge in [0.1, 0.15) is 5.75 Å². The smallest absolute Gasteiger partial charge is 0.122 e. The summed E-state index contributed by atoms with van der Waals surface area (Å²) in [5.74, 6) is 1.72. The van der Waals surface area contributed by atoms with Crippen LogP contribution in [-0.4, -0.2) is 38.7 Å². The number of hydrogen-bond acceptors (Lipinski definition) is 3. The highest BCUT2D eigenvalue weighted by Gasteiger charge is 2.35. The van der Waals surface area contributed by atoms with E-state index in [-0.39, 0.29) is 0 Å². The zero-order valence-electron chi connectivity index (χ0n) is 10.8. The Labute approximate surface area is 103 Å². The Kier molecular flexibility index (Phi) is 2.51. The molecule has 0 aromatic heterocycles. The zero-order chi connectivity index (χ0) is 12.0. The van der Waals surface area contributed by atoms with Gasteiger partial charge in [-0.2, -0.15) is 0 Å². The number of nitrogens with one attached hydrogen (secondary N) is 1. The Morgan fingerprint density at radius 2 is 2.18 bits per heavy atom. The number of methoxy groups -OCH3 is 1. The number of hydrogen-bond donors (Lipinski definition) is 1. The maximum atomic E-state index is 5.53. The van der Waals surface area contributed by atoms with Gasteiger partial charge >= 0.3 is 0 Å². The first-order valence-electron chi connectivity index (χ1n) is 6.30. The van der Waals surface area contributed by atoms with Gasteiger partial charge in [0.25, 0.3) is 0 Å². The molecule has 1 aliphatic carbocycles. The van der Waals surface area contributed by atoms with Crippen molar-refractivity contribution >= 4 is 5.69 Å². The molecule has 0 saturated carbocycles. The van der Waals surface area contributed by atoms with Crippen LogP contribution in [0.25, 0.3) is 0 Å². The van der Waals surface area contributed by atoms with Crippen LogP contribution in [0.15, 0.2) is 12.1 Å². The largest absolute Gasteiger partial charge is 0.496 e. The molecule has 1 aliphatic heterocycles. The Hall–Kier alpha value is -1.22. The van der Waals surface area contributed by atoms with E-state index in [1.54, 1.807) is 7.11 Å². The SMILES string of the molecule is COc1ccc2c3c1C[C@H](N(C)C)C[C@H]3CN2. The fourth-order valence-corrected chi connectivity index (χ4v) is 3.24. The minimum atomic E-state index is 0.636. The fraction of sp³-hybridized carbons (Fsp3) is 0.571. The summed E-state index contributed by atoms with van der Waals surface area (Å²) < 4.78 is 5.53. The second-order valence-corrected chi connectivity index (χ2v) is 5.34. The topological polar surface area (TPSA) is 24.5 Å². The highest BCUT2D eigenvalue weighted by molar-refractivity contribution is 5.65. The highest BCUT2D eigenvalue weighted by Crippen LogP contribution is 2.45. The zero-order valence-corrected chi connectivity index (χ0v) is 10.8. The lowest BCUT2D eigenvalue weighted by Gasteiger charge is -2.33. The third-order valence-electron chi connectivity index (χ3n) is 4.21. The third-order valence-corrected chi connectivity index (χ3v) is 4.21. The van der Waals surface area contributed by atoms with Crippen LogP contribution in [-0.2, 0) is 6.42 Å². The Morgan fingerprint density at radius 3 is 2.88 bits per heavy atom. The van der Waals surface area contributed by atoms with Crippen molar-refractivity contribution in [2.24, 2.45) is 0 Å². The number of benzene rings is 1. The van der Waals surface area contributed by atoms with Crippen molar-refractivity contribution in [1.82, 2.24) is 4.90 Å². The third kappa shape index (κ3) is 1.61. The molecular weight excluding hydrogens is 212 g/mol. The maximum Gasteiger partial charge on any atom is 0.122 e. The van der Waals surface area contributed by atoms with Gasteiger partial charge in [-0.3, -0.25) is 0 Å². The molecule has 3 rings (SSSR count). The summed E-state index contributed by atoms with van der Waals surface area (Å²) in [6.45, 7) is 1.08. The average Bonchev–Trinajstić information content (AvgIpc) is 2.74. The van der Waals surface area contributed by atoms with E-state index in [1.807, 2.05) is 0 Å². The first-order chi connectivity index (χ1) is 8.20. The number of ether oxygens (including phenoxy) is 1. The number of rotatable bonds is 2. The average molecular weight is 232 g/mol. The van der Waals surface area contributed by atoms with Crippen LogP contribution in [0.1, 0.15) is 23.5 Å². The predicted molar refractivity (Wildman–Crippen MR) is 70.0 cm³/mol. The van der Waals surface area contributed by atoms with Gasteiger partial charge in [0, 0.05) is 29.8 Å². The van der Waals surface area contributed by atoms with Gasteiger partial charge in [-0.25, -0.2) is 0 Å². The van der Waals surface area contributed by atoms with Gasteiger partial charge in [0.15, 0.2) is 0 Å². The quantitative estimate of drug-likeness (QED) is 0.845. The van der Waals surface area contributed by atoms with Crippen LogP contribution in [0, 0.1) is 0 Å². The molecule has 0 amide bonds. The molecule has 0 radical (unpaired) electrons. The molecule has 2 atom stereocenters. The standard InChI is InChI=1S/C14H20N2O/c1-16(2)10-6-9-8-15-12-4-5-13(17-3)11(7-10)14(9)12/h4-5,9-10,15H,6-8H2,1-3H3/t9-,10+/m0/s1. The molecule has 0 unspecified atom stereocenters. The van der Waals surface area contributed by atoms with Crippen LogP contribution >= 0.6 is 0 Å². The molecule has 1 N–H and O–H groups in total. The molecule has 0 bridgehead atoms. The van der Waals surface area contributed by atoms with Gasteiger partial charge in [-0.1, -0.05) is 0 Å². The van der Waals surface area contributed by atoms with Gasteiger partial charge in [-0.15, -0.1) is 0 Å². The monoisotopic (exact) mass is 232 g/mol. The molecule has 3 nitrogen and oxygen atoms in total. The summed E-state index contributed by atoms with van der Waals surface area (Å²) in [5, 5.41) is 3.52. The van der Waals surface area contributed by atoms with Crippen LogP contribution in [0.4, 0.5) is 5.69 Å². The van der Waals surface area contributed by atoms with E-state index in [4.69, 9.17) is 4.74 Å². The van der Waals surface area contributed by atoms with Crippen LogP contribution in [0.2, 0.25) is 0 Å². The summed E-state index contributed by atoms with van der Waals surface area (Å²) >= 11 is 0. The van der Waals surface area contributed by atoms with Gasteiger partial charge in [0.2, 0.25) is 0 Å². The Morgan fingerprint density at radius 1 is 1.35 bits per heavy atom. The molecule has 1 aromatic carbocycles. The van der Waals surface area contributed by atoms with E-state index < -0.39 is 0 Å². The van der Waals surface area contributed by atoms with Crippen molar-refractivity contribution in [1.29, 1.82) is 0 Å². The minimum Gasteiger partial charge on any atom is -0.496 e. The van der Waals surface area contributed by atoms with Crippen LogP contribution in [0.5, 0.6) is 5.75 Å². The molecule has 0 fully saturated rings. The van der Waals surface area contributed by atoms with E-state index >= 15 is 0 Å². The highest BCUT2D eigenvalue weighted by atomic mass is 16.5. The minimum absolute atomic E-state index is 0.636. The van der Waals surface area contributed by atoms with E-state index in [9.17, 15) is 0 Å². The lowest BCUT2D eigenvalue weighted by atomic mass is 9.80. The molecule has 3 heteroatoms. The van der Waals surface area contributed by atoms with Gasteiger partial charge in [-0.05, 0) is 44.6 Å². The molecule has 1 aromatic rings. The van der Waals surface area contributed by atoms with Crippen molar-refractivity contribution in [2.75, 3.05) is 33.1 Å². The molecule has 1 heterocycles. The molecule has 2 aliphatic rings.